The molecule has 2 aromatic carbocycles. The molecule has 2 amide bonds. The van der Waals surface area contributed by atoms with Gasteiger partial charge >= 0.3 is 0 Å². The molecule has 5 heteroatoms. The molecule has 0 aliphatic rings. The van der Waals surface area contributed by atoms with Crippen LogP contribution in [0.2, 0.25) is 0 Å². The maximum absolute atomic E-state index is 13.4. The summed E-state index contributed by atoms with van der Waals surface area (Å²) in [5.74, 6) is 0.374. The van der Waals surface area contributed by atoms with Crippen LogP contribution in [0, 0.1) is 6.92 Å². The van der Waals surface area contributed by atoms with E-state index in [1.165, 1.54) is 0 Å². The van der Waals surface area contributed by atoms with Crippen LogP contribution in [0.15, 0.2) is 48.5 Å². The van der Waals surface area contributed by atoms with E-state index in [4.69, 9.17) is 4.74 Å². The number of hydrogen-bond donors (Lipinski definition) is 1. The van der Waals surface area contributed by atoms with Gasteiger partial charge in [0.25, 0.3) is 5.91 Å². The molecule has 0 radical (unpaired) electrons. The predicted octanol–water partition coefficient (Wildman–Crippen LogP) is 5.39. The summed E-state index contributed by atoms with van der Waals surface area (Å²) in [5, 5.41) is 3.04. The molecule has 5 nitrogen and oxygen atoms in total. The fourth-order valence-corrected chi connectivity index (χ4v) is 3.69. The molecule has 33 heavy (non-hydrogen) atoms. The molecule has 0 fully saturated rings. The summed E-state index contributed by atoms with van der Waals surface area (Å²) >= 11 is 0. The molecule has 0 bridgehead atoms. The molecule has 0 aliphatic heterocycles. The Morgan fingerprint density at radius 2 is 1.64 bits per heavy atom. The van der Waals surface area contributed by atoms with Crippen LogP contribution in [0.4, 0.5) is 0 Å². The summed E-state index contributed by atoms with van der Waals surface area (Å²) in [4.78, 5) is 28.1. The summed E-state index contributed by atoms with van der Waals surface area (Å²) in [6.45, 7) is 14.6. The van der Waals surface area contributed by atoms with Gasteiger partial charge in [-0.25, -0.2) is 0 Å². The van der Waals surface area contributed by atoms with E-state index in [0.29, 0.717) is 18.7 Å². The zero-order chi connectivity index (χ0) is 24.6. The number of aryl methyl sites for hydroxylation is 1. The molecule has 2 rings (SSSR count). The van der Waals surface area contributed by atoms with Crippen molar-refractivity contribution in [2.75, 3.05) is 6.61 Å². The Balaban J connectivity index is 2.27. The Bertz CT molecular complexity index is 915. The Kier molecular flexibility index (Phi) is 9.51. The van der Waals surface area contributed by atoms with Crippen molar-refractivity contribution in [1.29, 1.82) is 0 Å². The Morgan fingerprint density at radius 1 is 1.00 bits per heavy atom. The van der Waals surface area contributed by atoms with Crippen LogP contribution < -0.4 is 10.1 Å². The zero-order valence-electron chi connectivity index (χ0n) is 21.3. The van der Waals surface area contributed by atoms with E-state index in [2.05, 4.69) is 26.1 Å². The van der Waals surface area contributed by atoms with Gasteiger partial charge in [-0.3, -0.25) is 9.59 Å². The molecule has 0 saturated carbocycles. The van der Waals surface area contributed by atoms with Crippen molar-refractivity contribution in [3.05, 3.63) is 65.2 Å². The van der Waals surface area contributed by atoms with Gasteiger partial charge in [0.2, 0.25) is 5.91 Å². The van der Waals surface area contributed by atoms with Crippen molar-refractivity contribution >= 4 is 11.8 Å². The minimum atomic E-state index is -0.561. The number of carbonyl (C=O) groups excluding carboxylic acids is 2. The van der Waals surface area contributed by atoms with Gasteiger partial charge in [0.15, 0.2) is 6.61 Å². The number of rotatable bonds is 10. The standard InChI is InChI=1S/C28H40N2O3/c1-8-21(4)29-27(32)24(9-2)30(18-22-16-14-20(3)15-17-22)26(31)19-33-25-13-11-10-12-23(25)28(5,6)7/h10-17,21,24H,8-9,18-19H2,1-7H3,(H,29,32)/t21-,24+/m0/s1. The molecule has 0 unspecified atom stereocenters. The van der Waals surface area contributed by atoms with Gasteiger partial charge in [-0.15, -0.1) is 0 Å². The minimum Gasteiger partial charge on any atom is -0.483 e. The summed E-state index contributed by atoms with van der Waals surface area (Å²) in [5.41, 5.74) is 3.08. The third-order valence-electron chi connectivity index (χ3n) is 5.91. The second-order valence-electron chi connectivity index (χ2n) is 9.78. The number of para-hydroxylation sites is 1. The lowest BCUT2D eigenvalue weighted by Gasteiger charge is -2.31. The Morgan fingerprint density at radius 3 is 2.21 bits per heavy atom. The third-order valence-corrected chi connectivity index (χ3v) is 5.91. The zero-order valence-corrected chi connectivity index (χ0v) is 21.3. The van der Waals surface area contributed by atoms with Crippen molar-refractivity contribution in [1.82, 2.24) is 10.2 Å². The number of benzene rings is 2. The van der Waals surface area contributed by atoms with Crippen molar-refractivity contribution < 1.29 is 14.3 Å². The van der Waals surface area contributed by atoms with Gasteiger partial charge in [0.05, 0.1) is 0 Å². The molecule has 1 N–H and O–H groups in total. The molecule has 0 spiro atoms. The lowest BCUT2D eigenvalue weighted by atomic mass is 9.86. The quantitative estimate of drug-likeness (QED) is 0.526. The third kappa shape index (κ3) is 7.62. The van der Waals surface area contributed by atoms with Crippen LogP contribution >= 0.6 is 0 Å². The van der Waals surface area contributed by atoms with Crippen LogP contribution in [0.5, 0.6) is 5.75 Å². The van der Waals surface area contributed by atoms with Crippen LogP contribution in [0.3, 0.4) is 0 Å². The van der Waals surface area contributed by atoms with Crippen molar-refractivity contribution in [3.8, 4) is 5.75 Å². The van der Waals surface area contributed by atoms with Crippen LogP contribution in [-0.2, 0) is 21.5 Å². The van der Waals surface area contributed by atoms with Crippen molar-refractivity contribution in [2.24, 2.45) is 0 Å². The highest BCUT2D eigenvalue weighted by molar-refractivity contribution is 5.88. The molecule has 0 aromatic heterocycles. The van der Waals surface area contributed by atoms with Crippen molar-refractivity contribution in [3.63, 3.8) is 0 Å². The molecular formula is C28H40N2O3. The largest absolute Gasteiger partial charge is 0.483 e. The van der Waals surface area contributed by atoms with E-state index in [0.717, 1.165) is 23.1 Å². The monoisotopic (exact) mass is 452 g/mol. The molecule has 0 heterocycles. The fourth-order valence-electron chi connectivity index (χ4n) is 3.69. The number of nitrogens with zero attached hydrogens (tertiary/aromatic N) is 1. The number of amides is 2. The second-order valence-corrected chi connectivity index (χ2v) is 9.78. The van der Waals surface area contributed by atoms with Crippen LogP contribution in [0.25, 0.3) is 0 Å². The number of ether oxygens (including phenoxy) is 1. The number of carbonyl (C=O) groups is 2. The lowest BCUT2D eigenvalue weighted by molar-refractivity contribution is -0.143. The molecule has 180 valence electrons. The lowest BCUT2D eigenvalue weighted by Crippen LogP contribution is -2.51. The highest BCUT2D eigenvalue weighted by Crippen LogP contribution is 2.31. The van der Waals surface area contributed by atoms with E-state index in [1.54, 1.807) is 4.90 Å². The molecule has 2 aromatic rings. The Hall–Kier alpha value is -2.82. The first-order valence-electron chi connectivity index (χ1n) is 11.9. The summed E-state index contributed by atoms with van der Waals surface area (Å²) < 4.78 is 6.02. The fraction of sp³-hybridized carbons (Fsp3) is 0.500. The molecule has 0 saturated heterocycles. The minimum absolute atomic E-state index is 0.0535. The smallest absolute Gasteiger partial charge is 0.261 e. The number of hydrogen-bond acceptors (Lipinski definition) is 3. The Labute approximate surface area is 199 Å². The average Bonchev–Trinajstić information content (AvgIpc) is 2.78. The first-order chi connectivity index (χ1) is 15.6. The number of nitrogens with one attached hydrogen (secondary N) is 1. The summed E-state index contributed by atoms with van der Waals surface area (Å²) in [6.07, 6.45) is 1.36. The van der Waals surface area contributed by atoms with Crippen LogP contribution in [0.1, 0.15) is 71.1 Å². The van der Waals surface area contributed by atoms with E-state index < -0.39 is 6.04 Å². The van der Waals surface area contributed by atoms with E-state index in [1.807, 2.05) is 76.2 Å². The maximum atomic E-state index is 13.4. The van der Waals surface area contributed by atoms with E-state index in [9.17, 15) is 9.59 Å². The highest BCUT2D eigenvalue weighted by Gasteiger charge is 2.30. The van der Waals surface area contributed by atoms with E-state index in [-0.39, 0.29) is 29.9 Å². The molecule has 2 atom stereocenters. The van der Waals surface area contributed by atoms with Gasteiger partial charge in [0.1, 0.15) is 11.8 Å². The second kappa shape index (κ2) is 11.9. The summed E-state index contributed by atoms with van der Waals surface area (Å²) in [6, 6.07) is 15.4. The van der Waals surface area contributed by atoms with Crippen LogP contribution in [-0.4, -0.2) is 35.4 Å². The van der Waals surface area contributed by atoms with Crippen molar-refractivity contribution in [2.45, 2.75) is 85.4 Å². The van der Waals surface area contributed by atoms with Gasteiger partial charge < -0.3 is 15.0 Å². The van der Waals surface area contributed by atoms with Gasteiger partial charge in [-0.2, -0.15) is 0 Å². The normalized spacial score (nSPS) is 13.2. The molecule has 0 aliphatic carbocycles. The first kappa shape index (κ1) is 26.4. The first-order valence-corrected chi connectivity index (χ1v) is 11.9. The van der Waals surface area contributed by atoms with Gasteiger partial charge in [-0.1, -0.05) is 82.6 Å². The molecular weight excluding hydrogens is 412 g/mol. The topological polar surface area (TPSA) is 58.6 Å². The van der Waals surface area contributed by atoms with Gasteiger partial charge in [0, 0.05) is 12.6 Å². The SMILES string of the molecule is CC[C@H](C(=O)N[C@@H](C)CC)N(Cc1ccc(C)cc1)C(=O)COc1ccccc1C(C)(C)C. The highest BCUT2D eigenvalue weighted by atomic mass is 16.5. The summed E-state index contributed by atoms with van der Waals surface area (Å²) in [7, 11) is 0. The van der Waals surface area contributed by atoms with E-state index >= 15 is 0 Å². The van der Waals surface area contributed by atoms with Gasteiger partial charge in [-0.05, 0) is 49.3 Å². The predicted molar refractivity (Wildman–Crippen MR) is 134 cm³/mol. The average molecular weight is 453 g/mol. The maximum Gasteiger partial charge on any atom is 0.261 e.